The molecule has 2 atom stereocenters. The highest BCUT2D eigenvalue weighted by molar-refractivity contribution is 14.1. The van der Waals surface area contributed by atoms with Gasteiger partial charge < -0.3 is 0 Å². The Morgan fingerprint density at radius 3 is 2.53 bits per heavy atom. The zero-order valence-corrected chi connectivity index (χ0v) is 20.1. The number of hydrogen-bond donors (Lipinski definition) is 0. The summed E-state index contributed by atoms with van der Waals surface area (Å²) in [5.74, 6) is 1.95. The van der Waals surface area contributed by atoms with Crippen molar-refractivity contribution in [1.82, 2.24) is 15.0 Å². The fourth-order valence-electron chi connectivity index (χ4n) is 5.21. The molecule has 0 amide bonds. The lowest BCUT2D eigenvalue weighted by atomic mass is 9.79. The molecule has 32 heavy (non-hydrogen) atoms. The Morgan fingerprint density at radius 1 is 0.812 bits per heavy atom. The molecule has 2 aromatic carbocycles. The molecule has 1 heterocycles. The van der Waals surface area contributed by atoms with Crippen LogP contribution in [0.25, 0.3) is 22.5 Å². The summed E-state index contributed by atoms with van der Waals surface area (Å²) in [6.45, 7) is 4.60. The lowest BCUT2D eigenvalue weighted by molar-refractivity contribution is 0.625. The molecule has 0 saturated carbocycles. The van der Waals surface area contributed by atoms with Gasteiger partial charge in [0.15, 0.2) is 9.66 Å². The number of nitrogens with zero attached hydrogens (tertiary/aromatic N) is 3. The van der Waals surface area contributed by atoms with Crippen LogP contribution in [0.5, 0.6) is 0 Å². The summed E-state index contributed by atoms with van der Waals surface area (Å²) in [5, 5.41) is 0. The van der Waals surface area contributed by atoms with E-state index >= 15 is 0 Å². The second-order valence-electron chi connectivity index (χ2n) is 9.06. The molecule has 156 valence electrons. The third-order valence-corrected chi connectivity index (χ3v) is 7.34. The van der Waals surface area contributed by atoms with Gasteiger partial charge in [0.05, 0.1) is 0 Å². The maximum absolute atomic E-state index is 4.98. The van der Waals surface area contributed by atoms with Gasteiger partial charge >= 0.3 is 0 Å². The van der Waals surface area contributed by atoms with Gasteiger partial charge in [-0.2, -0.15) is 0 Å². The van der Waals surface area contributed by atoms with Gasteiger partial charge in [-0.05, 0) is 33.9 Å². The molecule has 0 N–H and O–H groups in total. The van der Waals surface area contributed by atoms with Crippen LogP contribution in [0.15, 0.2) is 90.6 Å². The summed E-state index contributed by atoms with van der Waals surface area (Å²) in [6.07, 6.45) is 15.1. The van der Waals surface area contributed by atoms with Crippen molar-refractivity contribution in [1.29, 1.82) is 0 Å². The van der Waals surface area contributed by atoms with Gasteiger partial charge in [-0.3, -0.25) is 0 Å². The quantitative estimate of drug-likeness (QED) is 0.346. The van der Waals surface area contributed by atoms with Gasteiger partial charge in [-0.25, -0.2) is 15.0 Å². The minimum Gasteiger partial charge on any atom is -0.212 e. The zero-order valence-electron chi connectivity index (χ0n) is 18.0. The number of hydrogen-bond acceptors (Lipinski definition) is 3. The number of fused-ring (bicyclic) bond motifs is 4. The van der Waals surface area contributed by atoms with Crippen LogP contribution in [0.3, 0.4) is 0 Å². The maximum Gasteiger partial charge on any atom is 0.194 e. The van der Waals surface area contributed by atoms with Crippen LogP contribution in [0.1, 0.15) is 36.7 Å². The van der Waals surface area contributed by atoms with Crippen LogP contribution < -0.4 is 0 Å². The van der Waals surface area contributed by atoms with Crippen molar-refractivity contribution in [3.63, 3.8) is 0 Å². The molecule has 0 aliphatic heterocycles. The second kappa shape index (κ2) is 7.34. The van der Waals surface area contributed by atoms with Crippen molar-refractivity contribution < 1.29 is 0 Å². The summed E-state index contributed by atoms with van der Waals surface area (Å²) >= 11 is 2.21. The Labute approximate surface area is 201 Å². The van der Waals surface area contributed by atoms with E-state index in [1.807, 2.05) is 0 Å². The van der Waals surface area contributed by atoms with Crippen LogP contribution in [0.4, 0.5) is 0 Å². The molecule has 2 unspecified atom stereocenters. The summed E-state index contributed by atoms with van der Waals surface area (Å²) in [4.78, 5) is 14.4. The number of allylic oxidation sites excluding steroid dienone is 8. The Morgan fingerprint density at radius 2 is 1.62 bits per heavy atom. The Bertz CT molecular complexity index is 1380. The summed E-state index contributed by atoms with van der Waals surface area (Å²) in [5.41, 5.74) is 7.64. The predicted molar refractivity (Wildman–Crippen MR) is 137 cm³/mol. The highest BCUT2D eigenvalue weighted by atomic mass is 127. The van der Waals surface area contributed by atoms with Crippen LogP contribution in [-0.2, 0) is 5.41 Å². The molecule has 0 fully saturated rings. The lowest BCUT2D eigenvalue weighted by Gasteiger charge is -2.26. The first-order valence-electron chi connectivity index (χ1n) is 10.9. The molecule has 6 rings (SSSR count). The minimum absolute atomic E-state index is 0.0457. The molecule has 0 saturated heterocycles. The van der Waals surface area contributed by atoms with Crippen molar-refractivity contribution in [3.05, 3.63) is 111 Å². The third kappa shape index (κ3) is 3.04. The van der Waals surface area contributed by atoms with Crippen LogP contribution in [-0.4, -0.2) is 15.0 Å². The van der Waals surface area contributed by atoms with Gasteiger partial charge in [0.25, 0.3) is 0 Å². The van der Waals surface area contributed by atoms with Gasteiger partial charge in [0, 0.05) is 45.4 Å². The van der Waals surface area contributed by atoms with Crippen molar-refractivity contribution in [2.75, 3.05) is 0 Å². The van der Waals surface area contributed by atoms with Crippen molar-refractivity contribution in [3.8, 4) is 22.5 Å². The van der Waals surface area contributed by atoms with Gasteiger partial charge in [-0.15, -0.1) is 0 Å². The first kappa shape index (κ1) is 19.8. The standard InChI is InChI=1S/C28H22IN3/c1-28(2)23-13-6-5-11-20(23)21-15-14-18(16-24(21)28)25-30-26(32-27(29)31-25)22-12-7-9-17-8-3-4-10-19(17)22/h3-16,19,22H,1-2H3. The molecular weight excluding hydrogens is 505 g/mol. The first-order valence-corrected chi connectivity index (χ1v) is 12.0. The van der Waals surface area contributed by atoms with Crippen LogP contribution in [0, 0.1) is 9.75 Å². The van der Waals surface area contributed by atoms with E-state index in [1.54, 1.807) is 0 Å². The van der Waals surface area contributed by atoms with E-state index in [-0.39, 0.29) is 17.3 Å². The fourth-order valence-corrected chi connectivity index (χ4v) is 5.68. The normalized spacial score (nSPS) is 21.7. The monoisotopic (exact) mass is 527 g/mol. The van der Waals surface area contributed by atoms with E-state index in [0.717, 1.165) is 21.0 Å². The summed E-state index contributed by atoms with van der Waals surface area (Å²) in [6, 6.07) is 15.4. The summed E-state index contributed by atoms with van der Waals surface area (Å²) < 4.78 is 0.727. The van der Waals surface area contributed by atoms with E-state index in [4.69, 9.17) is 15.0 Å². The number of rotatable bonds is 2. The SMILES string of the molecule is CC1(C)c2ccccc2-c2ccc(-c3nc(I)nc(C4C=CC=C5C=CC=CC54)n3)cc21. The minimum atomic E-state index is -0.0457. The smallest absolute Gasteiger partial charge is 0.194 e. The van der Waals surface area contributed by atoms with E-state index in [1.165, 1.54) is 27.8 Å². The number of benzene rings is 2. The molecule has 3 aliphatic carbocycles. The van der Waals surface area contributed by atoms with Gasteiger partial charge in [-0.1, -0.05) is 92.8 Å². The molecular formula is C28H22IN3. The van der Waals surface area contributed by atoms with E-state index in [9.17, 15) is 0 Å². The molecule has 1 aromatic heterocycles. The maximum atomic E-state index is 4.98. The van der Waals surface area contributed by atoms with E-state index < -0.39 is 0 Å². The van der Waals surface area contributed by atoms with Gasteiger partial charge in [0.1, 0.15) is 5.82 Å². The Balaban J connectivity index is 1.44. The predicted octanol–water partition coefficient (Wildman–Crippen LogP) is 6.77. The second-order valence-corrected chi connectivity index (χ2v) is 10.0. The van der Waals surface area contributed by atoms with Crippen molar-refractivity contribution in [2.45, 2.75) is 25.2 Å². The highest BCUT2D eigenvalue weighted by Crippen LogP contribution is 2.49. The molecule has 0 bridgehead atoms. The molecule has 0 spiro atoms. The van der Waals surface area contributed by atoms with Crippen LogP contribution >= 0.6 is 22.6 Å². The third-order valence-electron chi connectivity index (χ3n) is 6.86. The molecule has 4 heteroatoms. The van der Waals surface area contributed by atoms with Gasteiger partial charge in [0.2, 0.25) is 0 Å². The van der Waals surface area contributed by atoms with E-state index in [0.29, 0.717) is 0 Å². The largest absolute Gasteiger partial charge is 0.212 e. The molecule has 3 aliphatic rings. The number of halogens is 1. The fraction of sp³-hybridized carbons (Fsp3) is 0.179. The average Bonchev–Trinajstić information content (AvgIpc) is 3.05. The Hall–Kier alpha value is -2.86. The van der Waals surface area contributed by atoms with Crippen molar-refractivity contribution in [2.24, 2.45) is 5.92 Å². The highest BCUT2D eigenvalue weighted by Gasteiger charge is 2.35. The zero-order chi connectivity index (χ0) is 21.9. The molecule has 3 nitrogen and oxygen atoms in total. The topological polar surface area (TPSA) is 38.7 Å². The Kier molecular flexibility index (Phi) is 4.54. The van der Waals surface area contributed by atoms with Crippen molar-refractivity contribution >= 4 is 22.6 Å². The average molecular weight is 527 g/mol. The number of aromatic nitrogens is 3. The molecule has 3 aromatic rings. The lowest BCUT2D eigenvalue weighted by Crippen LogP contribution is -2.18. The summed E-state index contributed by atoms with van der Waals surface area (Å²) in [7, 11) is 0. The van der Waals surface area contributed by atoms with Crippen LogP contribution in [0.2, 0.25) is 0 Å². The first-order chi connectivity index (χ1) is 15.5. The molecule has 0 radical (unpaired) electrons. The van der Waals surface area contributed by atoms with E-state index in [2.05, 4.69) is 121 Å².